The molecule has 13 heavy (non-hydrogen) atoms. The maximum absolute atomic E-state index is 11.3. The van der Waals surface area contributed by atoms with Gasteiger partial charge in [-0.25, -0.2) is 4.79 Å². The number of halogens is 1. The van der Waals surface area contributed by atoms with E-state index >= 15 is 0 Å². The predicted octanol–water partition coefficient (Wildman–Crippen LogP) is 2.01. The maximum Gasteiger partial charge on any atom is 0.337 e. The molecule has 0 fully saturated rings. The monoisotopic (exact) mass is 248 g/mol. The summed E-state index contributed by atoms with van der Waals surface area (Å²) in [5.41, 5.74) is 0.623. The summed E-state index contributed by atoms with van der Waals surface area (Å²) < 4.78 is 11.0. The molecule has 0 aliphatic carbocycles. The first kappa shape index (κ1) is 10.7. The number of hydrogen-bond donors (Lipinski definition) is 0. The van der Waals surface area contributed by atoms with Gasteiger partial charge in [-0.1, -0.05) is 22.9 Å². The summed E-state index contributed by atoms with van der Waals surface area (Å²) >= 11 is 3.35. The van der Waals surface area contributed by atoms with Gasteiger partial charge >= 0.3 is 5.97 Å². The zero-order chi connectivity index (χ0) is 10.0. The minimum Gasteiger partial charge on any atom is -0.466 e. The van der Waals surface area contributed by atoms with E-state index in [2.05, 4.69) is 20.7 Å². The van der Waals surface area contributed by atoms with E-state index in [0.717, 1.165) is 10.9 Å². The molecule has 3 nitrogen and oxygen atoms in total. The van der Waals surface area contributed by atoms with Crippen LogP contribution in [0.2, 0.25) is 0 Å². The highest BCUT2D eigenvalue weighted by Gasteiger charge is 2.34. The second kappa shape index (κ2) is 4.24. The Bertz CT molecular complexity index is 247. The molecule has 0 aromatic carbocycles. The zero-order valence-electron chi connectivity index (χ0n) is 7.96. The van der Waals surface area contributed by atoms with Crippen LogP contribution >= 0.6 is 15.9 Å². The fourth-order valence-corrected chi connectivity index (χ4v) is 1.91. The number of esters is 1. The lowest BCUT2D eigenvalue weighted by Crippen LogP contribution is -2.17. The molecule has 74 valence electrons. The van der Waals surface area contributed by atoms with Crippen molar-refractivity contribution in [1.29, 1.82) is 0 Å². The van der Waals surface area contributed by atoms with E-state index < -0.39 is 0 Å². The fourth-order valence-electron chi connectivity index (χ4n) is 1.39. The third-order valence-corrected chi connectivity index (χ3v) is 3.15. The molecule has 1 rings (SSSR count). The summed E-state index contributed by atoms with van der Waals surface area (Å²) in [5, 5.41) is 0. The Hall–Kier alpha value is -0.350. The molecule has 0 saturated carbocycles. The number of carbonyl (C=O) groups is 1. The van der Waals surface area contributed by atoms with Gasteiger partial charge < -0.3 is 9.47 Å². The molecular formula is C9H13BrO3. The zero-order valence-corrected chi connectivity index (χ0v) is 9.55. The van der Waals surface area contributed by atoms with Gasteiger partial charge in [-0.3, -0.25) is 0 Å². The molecule has 0 aromatic heterocycles. The molecule has 0 radical (unpaired) electrons. The Morgan fingerprint density at radius 1 is 1.69 bits per heavy atom. The topological polar surface area (TPSA) is 35.5 Å². The molecular weight excluding hydrogens is 236 g/mol. The van der Waals surface area contributed by atoms with Crippen LogP contribution in [0.5, 0.6) is 0 Å². The normalized spacial score (nSPS) is 28.0. The Balaban J connectivity index is 2.93. The van der Waals surface area contributed by atoms with Gasteiger partial charge in [0.25, 0.3) is 0 Å². The van der Waals surface area contributed by atoms with Crippen LogP contribution in [0.25, 0.3) is 0 Å². The van der Waals surface area contributed by atoms with E-state index in [9.17, 15) is 4.79 Å². The van der Waals surface area contributed by atoms with Gasteiger partial charge in [0.2, 0.25) is 0 Å². The van der Waals surface area contributed by atoms with Gasteiger partial charge in [0.1, 0.15) is 0 Å². The SMILES string of the molecule is CCC1OC(C)C(Br)=C1C(=O)OC. The first-order chi connectivity index (χ1) is 6.11. The molecule has 4 heteroatoms. The van der Waals surface area contributed by atoms with Gasteiger partial charge in [-0.2, -0.15) is 0 Å². The van der Waals surface area contributed by atoms with Gasteiger partial charge in [-0.15, -0.1) is 0 Å². The van der Waals surface area contributed by atoms with Crippen molar-refractivity contribution in [3.63, 3.8) is 0 Å². The Morgan fingerprint density at radius 3 is 2.77 bits per heavy atom. The third-order valence-electron chi connectivity index (χ3n) is 2.08. The molecule has 0 saturated heterocycles. The summed E-state index contributed by atoms with van der Waals surface area (Å²) in [6.45, 7) is 3.88. The number of hydrogen-bond acceptors (Lipinski definition) is 3. The van der Waals surface area contributed by atoms with E-state index in [0.29, 0.717) is 5.57 Å². The molecule has 0 amide bonds. The summed E-state index contributed by atoms with van der Waals surface area (Å²) in [6.07, 6.45) is 0.611. The number of ether oxygens (including phenoxy) is 2. The van der Waals surface area contributed by atoms with Gasteiger partial charge in [0.15, 0.2) is 0 Å². The Kier molecular flexibility index (Phi) is 3.50. The lowest BCUT2D eigenvalue weighted by Gasteiger charge is -2.10. The van der Waals surface area contributed by atoms with Crippen molar-refractivity contribution in [2.75, 3.05) is 7.11 Å². The average Bonchev–Trinajstić information content (AvgIpc) is 2.42. The number of rotatable bonds is 2. The fraction of sp³-hybridized carbons (Fsp3) is 0.667. The minimum absolute atomic E-state index is 0.0425. The van der Waals surface area contributed by atoms with E-state index in [1.807, 2.05) is 13.8 Å². The van der Waals surface area contributed by atoms with Crippen molar-refractivity contribution in [2.24, 2.45) is 0 Å². The summed E-state index contributed by atoms with van der Waals surface area (Å²) in [7, 11) is 1.38. The van der Waals surface area contributed by atoms with Crippen LogP contribution in [0.15, 0.2) is 10.1 Å². The van der Waals surface area contributed by atoms with E-state index in [-0.39, 0.29) is 18.2 Å². The first-order valence-electron chi connectivity index (χ1n) is 4.25. The van der Waals surface area contributed by atoms with Crippen molar-refractivity contribution >= 4 is 21.9 Å². The highest BCUT2D eigenvalue weighted by atomic mass is 79.9. The average molecular weight is 249 g/mol. The van der Waals surface area contributed by atoms with Crippen LogP contribution < -0.4 is 0 Å². The van der Waals surface area contributed by atoms with Crippen molar-refractivity contribution in [2.45, 2.75) is 32.5 Å². The first-order valence-corrected chi connectivity index (χ1v) is 5.04. The lowest BCUT2D eigenvalue weighted by atomic mass is 10.1. The van der Waals surface area contributed by atoms with Crippen LogP contribution in [-0.4, -0.2) is 25.3 Å². The molecule has 0 aromatic rings. The van der Waals surface area contributed by atoms with Gasteiger partial charge in [0, 0.05) is 4.48 Å². The largest absolute Gasteiger partial charge is 0.466 e. The molecule has 0 spiro atoms. The summed E-state index contributed by atoms with van der Waals surface area (Å²) in [5.74, 6) is -0.303. The van der Waals surface area contributed by atoms with Crippen LogP contribution in [0.3, 0.4) is 0 Å². The Labute approximate surface area is 86.2 Å². The minimum atomic E-state index is -0.303. The van der Waals surface area contributed by atoms with Crippen LogP contribution in [0, 0.1) is 0 Å². The lowest BCUT2D eigenvalue weighted by molar-refractivity contribution is -0.137. The van der Waals surface area contributed by atoms with Crippen molar-refractivity contribution in [3.05, 3.63) is 10.1 Å². The third kappa shape index (κ3) is 1.94. The highest BCUT2D eigenvalue weighted by Crippen LogP contribution is 2.33. The second-order valence-corrected chi connectivity index (χ2v) is 3.78. The van der Waals surface area contributed by atoms with E-state index in [1.54, 1.807) is 0 Å². The molecule has 2 atom stereocenters. The van der Waals surface area contributed by atoms with Crippen molar-refractivity contribution in [1.82, 2.24) is 0 Å². The highest BCUT2D eigenvalue weighted by molar-refractivity contribution is 9.11. The van der Waals surface area contributed by atoms with Crippen LogP contribution in [0.1, 0.15) is 20.3 Å². The predicted molar refractivity (Wildman–Crippen MR) is 52.6 cm³/mol. The molecule has 0 N–H and O–H groups in total. The second-order valence-electron chi connectivity index (χ2n) is 2.93. The van der Waals surface area contributed by atoms with Gasteiger partial charge in [0.05, 0.1) is 24.9 Å². The molecule has 0 bridgehead atoms. The molecule has 1 heterocycles. The van der Waals surface area contributed by atoms with Crippen molar-refractivity contribution in [3.8, 4) is 0 Å². The maximum atomic E-state index is 11.3. The van der Waals surface area contributed by atoms with Crippen LogP contribution in [-0.2, 0) is 14.3 Å². The number of methoxy groups -OCH3 is 1. The molecule has 2 unspecified atom stereocenters. The van der Waals surface area contributed by atoms with Crippen LogP contribution in [0.4, 0.5) is 0 Å². The molecule has 1 aliphatic rings. The van der Waals surface area contributed by atoms with E-state index in [4.69, 9.17) is 4.74 Å². The standard InChI is InChI=1S/C9H13BrO3/c1-4-6-7(9(11)12-3)8(10)5(2)13-6/h5-6H,4H2,1-3H3. The molecule has 1 aliphatic heterocycles. The summed E-state index contributed by atoms with van der Waals surface area (Å²) in [6, 6.07) is 0. The van der Waals surface area contributed by atoms with E-state index in [1.165, 1.54) is 7.11 Å². The number of carbonyl (C=O) groups excluding carboxylic acids is 1. The summed E-state index contributed by atoms with van der Waals surface area (Å²) in [4.78, 5) is 11.3. The smallest absolute Gasteiger partial charge is 0.337 e. The Morgan fingerprint density at radius 2 is 2.31 bits per heavy atom. The van der Waals surface area contributed by atoms with Crippen molar-refractivity contribution < 1.29 is 14.3 Å². The quantitative estimate of drug-likeness (QED) is 0.702. The van der Waals surface area contributed by atoms with Gasteiger partial charge in [-0.05, 0) is 13.3 Å².